The van der Waals surface area contributed by atoms with Crippen molar-refractivity contribution < 1.29 is 14.3 Å². The molecule has 0 saturated carbocycles. The number of carbonyl (C=O) groups excluding carboxylic acids is 2. The minimum absolute atomic E-state index is 0.0466. The minimum atomic E-state index is -0.533. The van der Waals surface area contributed by atoms with Crippen LogP contribution >= 0.6 is 11.3 Å². The van der Waals surface area contributed by atoms with Gasteiger partial charge in [-0.1, -0.05) is 0 Å². The van der Waals surface area contributed by atoms with Crippen LogP contribution in [0.25, 0.3) is 0 Å². The van der Waals surface area contributed by atoms with E-state index in [0.29, 0.717) is 13.1 Å². The summed E-state index contributed by atoms with van der Waals surface area (Å²) in [7, 11) is 2.03. The average Bonchev–Trinajstić information content (AvgIpc) is 2.82. The van der Waals surface area contributed by atoms with E-state index in [0.717, 1.165) is 23.5 Å². The lowest BCUT2D eigenvalue weighted by Gasteiger charge is -2.40. The molecule has 0 aromatic carbocycles. The standard InChI is InChI=1S/C18H29N3O3S/c1-12-9-15(25-13(12)2)16(22)21-8-7-20(6)11-14(21)10-19-17(23)24-18(3,4)5/h9,14H,7-8,10-11H2,1-6H3,(H,19,23)/t14-/m0/s1. The van der Waals surface area contributed by atoms with Gasteiger partial charge in [-0.05, 0) is 53.3 Å². The number of amides is 2. The van der Waals surface area contributed by atoms with Crippen LogP contribution in [0, 0.1) is 13.8 Å². The predicted octanol–water partition coefficient (Wildman–Crippen LogP) is 2.65. The number of rotatable bonds is 3. The zero-order valence-corrected chi connectivity index (χ0v) is 16.8. The topological polar surface area (TPSA) is 61.9 Å². The van der Waals surface area contributed by atoms with Gasteiger partial charge in [0.15, 0.2) is 0 Å². The van der Waals surface area contributed by atoms with Crippen molar-refractivity contribution in [2.45, 2.75) is 46.3 Å². The van der Waals surface area contributed by atoms with E-state index in [1.807, 2.05) is 52.6 Å². The van der Waals surface area contributed by atoms with Crippen LogP contribution in [-0.4, -0.2) is 66.7 Å². The van der Waals surface area contributed by atoms with Gasteiger partial charge in [0.1, 0.15) is 5.60 Å². The molecule has 2 heterocycles. The van der Waals surface area contributed by atoms with Gasteiger partial charge in [0.2, 0.25) is 0 Å². The number of alkyl carbamates (subject to hydrolysis) is 1. The van der Waals surface area contributed by atoms with Crippen molar-refractivity contribution in [1.82, 2.24) is 15.1 Å². The highest BCUT2D eigenvalue weighted by Gasteiger charge is 2.31. The zero-order valence-electron chi connectivity index (χ0n) is 16.0. The van der Waals surface area contributed by atoms with Crippen molar-refractivity contribution in [3.05, 3.63) is 21.4 Å². The molecule has 1 fully saturated rings. The fourth-order valence-corrected chi connectivity index (χ4v) is 3.78. The van der Waals surface area contributed by atoms with E-state index in [9.17, 15) is 9.59 Å². The molecule has 1 aromatic rings. The number of likely N-dealkylation sites (N-methyl/N-ethyl adjacent to an activating group) is 1. The first-order chi connectivity index (χ1) is 11.6. The van der Waals surface area contributed by atoms with Crippen LogP contribution < -0.4 is 5.32 Å². The third kappa shape index (κ3) is 5.44. The molecule has 25 heavy (non-hydrogen) atoms. The summed E-state index contributed by atoms with van der Waals surface area (Å²) in [6.45, 7) is 12.1. The molecule has 1 atom stereocenters. The fourth-order valence-electron chi connectivity index (χ4n) is 2.79. The van der Waals surface area contributed by atoms with E-state index < -0.39 is 11.7 Å². The van der Waals surface area contributed by atoms with Crippen LogP contribution in [0.4, 0.5) is 4.79 Å². The second kappa shape index (κ2) is 7.74. The van der Waals surface area contributed by atoms with Gasteiger partial charge in [-0.2, -0.15) is 0 Å². The van der Waals surface area contributed by atoms with Gasteiger partial charge in [0.25, 0.3) is 5.91 Å². The highest BCUT2D eigenvalue weighted by Crippen LogP contribution is 2.23. The summed E-state index contributed by atoms with van der Waals surface area (Å²) >= 11 is 1.53. The largest absolute Gasteiger partial charge is 0.444 e. The monoisotopic (exact) mass is 367 g/mol. The number of piperazine rings is 1. The Kier molecular flexibility index (Phi) is 6.11. The fraction of sp³-hybridized carbons (Fsp3) is 0.667. The van der Waals surface area contributed by atoms with Gasteiger partial charge in [-0.15, -0.1) is 11.3 Å². The number of ether oxygens (including phenoxy) is 1. The number of thiophene rings is 1. The third-order valence-electron chi connectivity index (χ3n) is 4.20. The lowest BCUT2D eigenvalue weighted by Crippen LogP contribution is -2.57. The molecule has 7 heteroatoms. The van der Waals surface area contributed by atoms with Gasteiger partial charge in [0, 0.05) is 31.1 Å². The van der Waals surface area contributed by atoms with E-state index in [4.69, 9.17) is 4.74 Å². The minimum Gasteiger partial charge on any atom is -0.444 e. The van der Waals surface area contributed by atoms with Gasteiger partial charge >= 0.3 is 6.09 Å². The molecule has 0 radical (unpaired) electrons. The predicted molar refractivity (Wildman–Crippen MR) is 100 cm³/mol. The molecule has 1 aliphatic rings. The summed E-state index contributed by atoms with van der Waals surface area (Å²) in [5.74, 6) is 0.0466. The van der Waals surface area contributed by atoms with E-state index in [-0.39, 0.29) is 11.9 Å². The Morgan fingerprint density at radius 3 is 2.56 bits per heavy atom. The Hall–Kier alpha value is -1.60. The van der Waals surface area contributed by atoms with Crippen LogP contribution in [-0.2, 0) is 4.74 Å². The first kappa shape index (κ1) is 19.7. The number of carbonyl (C=O) groups is 2. The van der Waals surface area contributed by atoms with Crippen LogP contribution in [0.1, 0.15) is 40.9 Å². The summed E-state index contributed by atoms with van der Waals surface area (Å²) in [4.78, 5) is 30.8. The summed E-state index contributed by atoms with van der Waals surface area (Å²) in [6.07, 6.45) is -0.448. The Morgan fingerprint density at radius 1 is 1.32 bits per heavy atom. The summed E-state index contributed by atoms with van der Waals surface area (Å²) in [6, 6.07) is 1.89. The maximum atomic E-state index is 12.9. The molecule has 1 N–H and O–H groups in total. The second-order valence-electron chi connectivity index (χ2n) is 7.65. The molecule has 2 amide bonds. The number of hydrogen-bond acceptors (Lipinski definition) is 5. The number of nitrogens with zero attached hydrogens (tertiary/aromatic N) is 2. The quantitative estimate of drug-likeness (QED) is 0.892. The first-order valence-electron chi connectivity index (χ1n) is 8.60. The van der Waals surface area contributed by atoms with Crippen molar-refractivity contribution in [3.8, 4) is 0 Å². The van der Waals surface area contributed by atoms with Crippen LogP contribution in [0.3, 0.4) is 0 Å². The van der Waals surface area contributed by atoms with Gasteiger partial charge in [-0.25, -0.2) is 4.79 Å². The summed E-state index contributed by atoms with van der Waals surface area (Å²) < 4.78 is 5.29. The van der Waals surface area contributed by atoms with E-state index in [2.05, 4.69) is 10.2 Å². The normalized spacial score (nSPS) is 19.0. The lowest BCUT2D eigenvalue weighted by molar-refractivity contribution is 0.0405. The molecular weight excluding hydrogens is 338 g/mol. The molecule has 0 spiro atoms. The van der Waals surface area contributed by atoms with Crippen molar-refractivity contribution >= 4 is 23.3 Å². The molecule has 2 rings (SSSR count). The van der Waals surface area contributed by atoms with Crippen molar-refractivity contribution in [1.29, 1.82) is 0 Å². The summed E-state index contributed by atoms with van der Waals surface area (Å²) in [5, 5.41) is 2.80. The number of nitrogens with one attached hydrogen (secondary N) is 1. The number of hydrogen-bond donors (Lipinski definition) is 1. The SMILES string of the molecule is Cc1cc(C(=O)N2CCN(C)C[C@@H]2CNC(=O)OC(C)(C)C)sc1C. The second-order valence-corrected chi connectivity index (χ2v) is 8.90. The Labute approximate surface area is 154 Å². The maximum absolute atomic E-state index is 12.9. The van der Waals surface area contributed by atoms with Crippen LogP contribution in [0.2, 0.25) is 0 Å². The molecule has 1 saturated heterocycles. The van der Waals surface area contributed by atoms with Crippen molar-refractivity contribution in [2.75, 3.05) is 33.2 Å². The van der Waals surface area contributed by atoms with Crippen molar-refractivity contribution in [3.63, 3.8) is 0 Å². The van der Waals surface area contributed by atoms with Crippen LogP contribution in [0.5, 0.6) is 0 Å². The maximum Gasteiger partial charge on any atom is 0.407 e. The third-order valence-corrected chi connectivity index (χ3v) is 5.34. The van der Waals surface area contributed by atoms with Gasteiger partial charge in [-0.3, -0.25) is 4.79 Å². The Bertz CT molecular complexity index is 617. The molecule has 0 aliphatic carbocycles. The van der Waals surface area contributed by atoms with E-state index in [1.54, 1.807) is 0 Å². The number of aryl methyl sites for hydroxylation is 2. The summed E-state index contributed by atoms with van der Waals surface area (Å²) in [5.41, 5.74) is 0.612. The highest BCUT2D eigenvalue weighted by molar-refractivity contribution is 7.14. The van der Waals surface area contributed by atoms with E-state index >= 15 is 0 Å². The Morgan fingerprint density at radius 2 is 2.00 bits per heavy atom. The molecule has 0 bridgehead atoms. The average molecular weight is 368 g/mol. The van der Waals surface area contributed by atoms with Gasteiger partial charge < -0.3 is 19.9 Å². The highest BCUT2D eigenvalue weighted by atomic mass is 32.1. The first-order valence-corrected chi connectivity index (χ1v) is 9.42. The molecule has 1 aliphatic heterocycles. The molecule has 140 valence electrons. The van der Waals surface area contributed by atoms with E-state index in [1.165, 1.54) is 16.2 Å². The smallest absolute Gasteiger partial charge is 0.407 e. The molecule has 1 aromatic heterocycles. The van der Waals surface area contributed by atoms with Gasteiger partial charge in [0.05, 0.1) is 10.9 Å². The Balaban J connectivity index is 2.04. The molecular formula is C18H29N3O3S. The molecule has 0 unspecified atom stereocenters. The van der Waals surface area contributed by atoms with Crippen LogP contribution in [0.15, 0.2) is 6.07 Å². The van der Waals surface area contributed by atoms with Crippen molar-refractivity contribution in [2.24, 2.45) is 0 Å². The zero-order chi connectivity index (χ0) is 18.8. The molecule has 6 nitrogen and oxygen atoms in total. The lowest BCUT2D eigenvalue weighted by atomic mass is 10.1.